The van der Waals surface area contributed by atoms with Gasteiger partial charge in [-0.05, 0) is 41.9 Å². The molecule has 0 radical (unpaired) electrons. The maximum absolute atomic E-state index is 11.7. The van der Waals surface area contributed by atoms with Crippen molar-refractivity contribution in [1.82, 2.24) is 10.6 Å². The minimum absolute atomic E-state index is 0.304. The monoisotopic (exact) mass is 330 g/mol. The molecule has 6 heteroatoms. The molecule has 0 bridgehead atoms. The second-order valence-electron chi connectivity index (χ2n) is 3.54. The second-order valence-corrected chi connectivity index (χ2v) is 5.78. The van der Waals surface area contributed by atoms with Crippen LogP contribution in [0.3, 0.4) is 0 Å². The normalized spacial score (nSPS) is 11.7. The number of hydrogen-bond acceptors (Lipinski definition) is 3. The van der Waals surface area contributed by atoms with E-state index in [-0.39, 0.29) is 11.2 Å². The molecule has 0 heterocycles. The minimum Gasteiger partial charge on any atom is -0.338 e. The SMILES string of the molecule is CCNC(=O)NC(=O)C(C)Sc1ccccc1Br. The Balaban J connectivity index is 2.55. The van der Waals surface area contributed by atoms with Crippen LogP contribution in [0.2, 0.25) is 0 Å². The second kappa shape index (κ2) is 7.43. The number of halogens is 1. The number of amides is 3. The number of benzene rings is 1. The van der Waals surface area contributed by atoms with Crippen molar-refractivity contribution in [2.24, 2.45) is 0 Å². The first-order chi connectivity index (χ1) is 8.54. The van der Waals surface area contributed by atoms with E-state index in [4.69, 9.17) is 0 Å². The maximum atomic E-state index is 11.7. The Morgan fingerprint density at radius 3 is 2.67 bits per heavy atom. The highest BCUT2D eigenvalue weighted by Gasteiger charge is 2.17. The minimum atomic E-state index is -0.456. The molecule has 1 atom stereocenters. The van der Waals surface area contributed by atoms with Gasteiger partial charge in [0.1, 0.15) is 0 Å². The summed E-state index contributed by atoms with van der Waals surface area (Å²) in [7, 11) is 0. The van der Waals surface area contributed by atoms with Crippen molar-refractivity contribution in [2.75, 3.05) is 6.54 Å². The summed E-state index contributed by atoms with van der Waals surface area (Å²) in [6, 6.07) is 7.19. The molecule has 1 rings (SSSR count). The number of urea groups is 1. The summed E-state index contributed by atoms with van der Waals surface area (Å²) < 4.78 is 0.938. The highest BCUT2D eigenvalue weighted by atomic mass is 79.9. The fourth-order valence-corrected chi connectivity index (χ4v) is 2.65. The molecule has 0 aromatic heterocycles. The zero-order valence-corrected chi connectivity index (χ0v) is 12.6. The molecule has 0 spiro atoms. The van der Waals surface area contributed by atoms with Crippen LogP contribution in [0.15, 0.2) is 33.6 Å². The summed E-state index contributed by atoms with van der Waals surface area (Å²) in [5.74, 6) is -0.304. The predicted molar refractivity (Wildman–Crippen MR) is 76.7 cm³/mol. The lowest BCUT2D eigenvalue weighted by atomic mass is 10.4. The summed E-state index contributed by atoms with van der Waals surface area (Å²) in [5.41, 5.74) is 0. The van der Waals surface area contributed by atoms with Gasteiger partial charge >= 0.3 is 6.03 Å². The van der Waals surface area contributed by atoms with Gasteiger partial charge in [0, 0.05) is 15.9 Å². The van der Waals surface area contributed by atoms with Gasteiger partial charge in [-0.1, -0.05) is 12.1 Å². The van der Waals surface area contributed by atoms with Gasteiger partial charge in [0.25, 0.3) is 0 Å². The summed E-state index contributed by atoms with van der Waals surface area (Å²) in [4.78, 5) is 23.9. The molecule has 1 aromatic rings. The van der Waals surface area contributed by atoms with Gasteiger partial charge in [0.15, 0.2) is 0 Å². The van der Waals surface area contributed by atoms with Crippen molar-refractivity contribution >= 4 is 39.6 Å². The molecule has 0 aliphatic heterocycles. The lowest BCUT2D eigenvalue weighted by Crippen LogP contribution is -2.42. The molecular formula is C12H15BrN2O2S. The molecule has 2 N–H and O–H groups in total. The predicted octanol–water partition coefficient (Wildman–Crippen LogP) is 2.78. The first-order valence-corrected chi connectivity index (χ1v) is 7.21. The van der Waals surface area contributed by atoms with Crippen molar-refractivity contribution in [3.8, 4) is 0 Å². The lowest BCUT2D eigenvalue weighted by Gasteiger charge is -2.12. The summed E-state index contributed by atoms with van der Waals surface area (Å²) in [6.45, 7) is 4.05. The molecular weight excluding hydrogens is 316 g/mol. The molecule has 0 saturated heterocycles. The van der Waals surface area contributed by atoms with E-state index in [9.17, 15) is 9.59 Å². The number of carbonyl (C=O) groups excluding carboxylic acids is 2. The van der Waals surface area contributed by atoms with E-state index < -0.39 is 6.03 Å². The Morgan fingerprint density at radius 2 is 2.06 bits per heavy atom. The lowest BCUT2D eigenvalue weighted by molar-refractivity contribution is -0.119. The third-order valence-electron chi connectivity index (χ3n) is 2.08. The van der Waals surface area contributed by atoms with E-state index in [2.05, 4.69) is 26.6 Å². The highest BCUT2D eigenvalue weighted by molar-refractivity contribution is 9.10. The molecule has 1 unspecified atom stereocenters. The molecule has 3 amide bonds. The van der Waals surface area contributed by atoms with Gasteiger partial charge in [-0.15, -0.1) is 11.8 Å². The topological polar surface area (TPSA) is 58.2 Å². The molecule has 0 fully saturated rings. The van der Waals surface area contributed by atoms with Crippen molar-refractivity contribution in [2.45, 2.75) is 24.0 Å². The van der Waals surface area contributed by atoms with Gasteiger partial charge in [-0.25, -0.2) is 4.79 Å². The number of carbonyl (C=O) groups is 2. The Morgan fingerprint density at radius 1 is 1.39 bits per heavy atom. The van der Waals surface area contributed by atoms with Crippen LogP contribution in [0, 0.1) is 0 Å². The largest absolute Gasteiger partial charge is 0.338 e. The Bertz CT molecular complexity index is 440. The average molecular weight is 331 g/mol. The van der Waals surface area contributed by atoms with Crippen LogP contribution < -0.4 is 10.6 Å². The quantitative estimate of drug-likeness (QED) is 0.834. The fourth-order valence-electron chi connectivity index (χ4n) is 1.20. The smallest absolute Gasteiger partial charge is 0.321 e. The van der Waals surface area contributed by atoms with Gasteiger partial charge in [-0.2, -0.15) is 0 Å². The van der Waals surface area contributed by atoms with Crippen LogP contribution in [0.4, 0.5) is 4.79 Å². The van der Waals surface area contributed by atoms with E-state index in [0.29, 0.717) is 6.54 Å². The zero-order chi connectivity index (χ0) is 13.5. The van der Waals surface area contributed by atoms with Gasteiger partial charge in [0.05, 0.1) is 5.25 Å². The van der Waals surface area contributed by atoms with Crippen molar-refractivity contribution in [1.29, 1.82) is 0 Å². The molecule has 0 saturated carbocycles. The van der Waals surface area contributed by atoms with Crippen molar-refractivity contribution in [3.63, 3.8) is 0 Å². The molecule has 0 aliphatic carbocycles. The Labute approximate surface area is 119 Å². The van der Waals surface area contributed by atoms with Gasteiger partial charge in [0.2, 0.25) is 5.91 Å². The van der Waals surface area contributed by atoms with Crippen LogP contribution in [0.25, 0.3) is 0 Å². The standard InChI is InChI=1S/C12H15BrN2O2S/c1-3-14-12(17)15-11(16)8(2)18-10-7-5-4-6-9(10)13/h4-8H,3H2,1-2H3,(H2,14,15,16,17). The maximum Gasteiger partial charge on any atom is 0.321 e. The van der Waals surface area contributed by atoms with Crippen LogP contribution in [-0.4, -0.2) is 23.7 Å². The van der Waals surface area contributed by atoms with E-state index in [1.807, 2.05) is 24.3 Å². The average Bonchev–Trinajstić information content (AvgIpc) is 2.32. The third kappa shape index (κ3) is 4.70. The van der Waals surface area contributed by atoms with Gasteiger partial charge < -0.3 is 5.32 Å². The van der Waals surface area contributed by atoms with Crippen molar-refractivity contribution < 1.29 is 9.59 Å². The molecule has 4 nitrogen and oxygen atoms in total. The Kier molecular flexibility index (Phi) is 6.21. The molecule has 0 aliphatic rings. The van der Waals surface area contributed by atoms with E-state index >= 15 is 0 Å². The van der Waals surface area contributed by atoms with Crippen LogP contribution in [0.1, 0.15) is 13.8 Å². The van der Waals surface area contributed by atoms with E-state index in [1.54, 1.807) is 13.8 Å². The van der Waals surface area contributed by atoms with Crippen LogP contribution in [-0.2, 0) is 4.79 Å². The number of hydrogen-bond donors (Lipinski definition) is 2. The Hall–Kier alpha value is -1.01. The van der Waals surface area contributed by atoms with Crippen LogP contribution >= 0.6 is 27.7 Å². The first-order valence-electron chi connectivity index (χ1n) is 5.54. The van der Waals surface area contributed by atoms with Crippen LogP contribution in [0.5, 0.6) is 0 Å². The summed E-state index contributed by atoms with van der Waals surface area (Å²) in [6.07, 6.45) is 0. The zero-order valence-electron chi connectivity index (χ0n) is 10.2. The van der Waals surface area contributed by atoms with E-state index in [1.165, 1.54) is 11.8 Å². The fraction of sp³-hybridized carbons (Fsp3) is 0.333. The van der Waals surface area contributed by atoms with Crippen molar-refractivity contribution in [3.05, 3.63) is 28.7 Å². The number of nitrogens with one attached hydrogen (secondary N) is 2. The van der Waals surface area contributed by atoms with E-state index in [0.717, 1.165) is 9.37 Å². The molecule has 18 heavy (non-hydrogen) atoms. The summed E-state index contributed by atoms with van der Waals surface area (Å²) in [5, 5.41) is 4.47. The number of thioether (sulfide) groups is 1. The van der Waals surface area contributed by atoms with Gasteiger partial charge in [-0.3, -0.25) is 10.1 Å². The number of rotatable bonds is 4. The number of imide groups is 1. The molecule has 1 aromatic carbocycles. The molecule has 98 valence electrons. The first kappa shape index (κ1) is 15.0. The highest BCUT2D eigenvalue weighted by Crippen LogP contribution is 2.30. The summed E-state index contributed by atoms with van der Waals surface area (Å²) >= 11 is 4.82. The third-order valence-corrected chi connectivity index (χ3v) is 4.22.